The number of rotatable bonds is 11. The van der Waals surface area contributed by atoms with Gasteiger partial charge >= 0.3 is 0 Å². The van der Waals surface area contributed by atoms with Gasteiger partial charge in [-0.2, -0.15) is 0 Å². The molecule has 2 aliphatic heterocycles. The first kappa shape index (κ1) is 63.9. The number of hydrogen-bond donors (Lipinski definition) is 0. The molecule has 0 aliphatic carbocycles. The van der Waals surface area contributed by atoms with Crippen molar-refractivity contribution in [3.05, 3.63) is 406 Å². The number of fused-ring (bicyclic) bond motifs is 16. The lowest BCUT2D eigenvalue weighted by molar-refractivity contribution is 0.669. The summed E-state index contributed by atoms with van der Waals surface area (Å²) in [5, 5.41) is 9.55. The van der Waals surface area contributed by atoms with Crippen molar-refractivity contribution in [1.82, 2.24) is 8.97 Å². The van der Waals surface area contributed by atoms with Gasteiger partial charge in [-0.3, -0.25) is 0 Å². The van der Waals surface area contributed by atoms with Gasteiger partial charge in [0.1, 0.15) is 11.2 Å². The fourth-order valence-electron chi connectivity index (χ4n) is 19.4. The molecular weight excluding hydrogens is 1380 g/mol. The van der Waals surface area contributed by atoms with Crippen molar-refractivity contribution in [3.63, 3.8) is 0 Å². The second kappa shape index (κ2) is 25.3. The van der Waals surface area contributed by atoms with Crippen molar-refractivity contribution in [3.8, 4) is 94.7 Å². The highest BCUT2D eigenvalue weighted by Gasteiger charge is 2.46. The molecule has 4 aromatic heterocycles. The van der Waals surface area contributed by atoms with Crippen LogP contribution in [-0.4, -0.2) is 15.7 Å². The van der Waals surface area contributed by atoms with Gasteiger partial charge in [0.25, 0.3) is 6.71 Å². The molecule has 2 aliphatic rings. The van der Waals surface area contributed by atoms with Gasteiger partial charge in [-0.15, -0.1) is 0 Å². The minimum absolute atomic E-state index is 0.312. The maximum atomic E-state index is 6.59. The number of anilines is 6. The largest absolute Gasteiger partial charge is 0.456 e. The topological polar surface area (TPSA) is 29.0 Å². The predicted octanol–water partition coefficient (Wildman–Crippen LogP) is 27.3. The predicted molar refractivity (Wildman–Crippen MR) is 480 cm³/mol. The number of para-hydroxylation sites is 5. The lowest BCUT2D eigenvalue weighted by Crippen LogP contribution is -2.61. The summed E-state index contributed by atoms with van der Waals surface area (Å²) < 4.78 is 11.6. The minimum atomic E-state index is -0.312. The summed E-state index contributed by atoms with van der Waals surface area (Å²) in [7, 11) is 0. The normalized spacial score (nSPS) is 12.5. The first-order valence-electron chi connectivity index (χ1n) is 39.4. The zero-order valence-electron chi connectivity index (χ0n) is 62.0. The molecular formula is C108H67BN4O. The van der Waals surface area contributed by atoms with Crippen LogP contribution < -0.4 is 26.2 Å². The van der Waals surface area contributed by atoms with Gasteiger partial charge in [-0.25, -0.2) is 0 Å². The van der Waals surface area contributed by atoms with E-state index in [4.69, 9.17) is 4.42 Å². The van der Waals surface area contributed by atoms with E-state index in [1.54, 1.807) is 0 Å². The molecule has 18 aromatic carbocycles. The number of furan rings is 1. The summed E-state index contributed by atoms with van der Waals surface area (Å²) in [6, 6.07) is 152. The Hall–Kier alpha value is -15.0. The highest BCUT2D eigenvalue weighted by molar-refractivity contribution is 7.00. The maximum absolute atomic E-state index is 6.59. The van der Waals surface area contributed by atoms with E-state index in [-0.39, 0.29) is 6.71 Å². The monoisotopic (exact) mass is 1450 g/mol. The zero-order valence-corrected chi connectivity index (χ0v) is 62.0. The molecule has 0 spiro atoms. The van der Waals surface area contributed by atoms with Crippen LogP contribution in [0.2, 0.25) is 0 Å². The van der Waals surface area contributed by atoms with Gasteiger partial charge in [0.05, 0.1) is 39.0 Å². The summed E-state index contributed by atoms with van der Waals surface area (Å²) in [5.74, 6) is 0. The lowest BCUT2D eigenvalue weighted by Gasteiger charge is -2.46. The van der Waals surface area contributed by atoms with Crippen molar-refractivity contribution in [2.75, 3.05) is 9.80 Å². The van der Waals surface area contributed by atoms with Crippen molar-refractivity contribution in [1.29, 1.82) is 0 Å². The standard InChI is InChI=1S/C108H67BN4O/c1-7-28-68(29-8-1)77-60-87(70-32-11-3-12-33-70)107(88(61-77)71-34-13-4-14-35-71)112-99-64-76(74-52-57-104-92(59-74)84-43-22-26-49-103(84)114-104)50-54-93(99)109-94-55-53-80(110-95-46-23-19-40-81(95)82-41-20-24-47-96(82)110)67-100(94)113(108-89(72-36-15-5-16-37-72)62-78(69-30-9-2-10-31-69)63-90(108)73-38-17-6-18-39-73)102-66-79(65-101(112)105(102)109)75-51-56-98-91(58-75)86-45-27-44-85-83-42-21-25-48-97(83)111(98)106(85)86/h1-67H. The summed E-state index contributed by atoms with van der Waals surface area (Å²) in [4.78, 5) is 5.42. The highest BCUT2D eigenvalue weighted by atomic mass is 16.3. The van der Waals surface area contributed by atoms with Gasteiger partial charge in [0, 0.05) is 93.8 Å². The van der Waals surface area contributed by atoms with Gasteiger partial charge < -0.3 is 23.2 Å². The van der Waals surface area contributed by atoms with E-state index < -0.39 is 0 Å². The summed E-state index contributed by atoms with van der Waals surface area (Å²) in [5.41, 5.74) is 36.6. The minimum Gasteiger partial charge on any atom is -0.456 e. The van der Waals surface area contributed by atoms with E-state index in [1.807, 2.05) is 0 Å². The van der Waals surface area contributed by atoms with Crippen LogP contribution in [0, 0.1) is 0 Å². The van der Waals surface area contributed by atoms with Gasteiger partial charge in [0.15, 0.2) is 0 Å². The SMILES string of the molecule is c1ccc(-c2cc(-c3ccccc3)c(N3c4cc(-c5ccc6oc7ccccc7c6c5)ccc4B4c5ccc(-n6c7ccccc7c7ccccc76)cc5N(c5c(-c6ccccc6)cc(-c6ccccc6)cc5-c5ccccc5)c5cc(-c6ccc7c(c6)c6cccc8c9ccccc9n7c86)cc3c54)c(-c3ccccc3)c2)cc1. The Bertz CT molecular complexity index is 7480. The van der Waals surface area contributed by atoms with E-state index in [2.05, 4.69) is 425 Å². The summed E-state index contributed by atoms with van der Waals surface area (Å²) in [6.45, 7) is -0.312. The van der Waals surface area contributed by atoms with Crippen molar-refractivity contribution >= 4 is 139 Å². The van der Waals surface area contributed by atoms with Gasteiger partial charge in [-0.05, 0) is 186 Å². The molecule has 0 bridgehead atoms. The highest BCUT2D eigenvalue weighted by Crippen LogP contribution is 2.56. The number of hydrogen-bond acceptors (Lipinski definition) is 3. The lowest BCUT2D eigenvalue weighted by atomic mass is 9.33. The third-order valence-electron chi connectivity index (χ3n) is 24.4. The average Bonchev–Trinajstić information content (AvgIpc) is 0.707. The Morgan fingerprint density at radius 3 is 1.11 bits per heavy atom. The van der Waals surface area contributed by atoms with Crippen molar-refractivity contribution in [2.24, 2.45) is 0 Å². The molecule has 0 amide bonds. The van der Waals surface area contributed by atoms with E-state index in [9.17, 15) is 0 Å². The van der Waals surface area contributed by atoms with Crippen LogP contribution >= 0.6 is 0 Å². The molecule has 6 heteroatoms. The second-order valence-corrected chi connectivity index (χ2v) is 30.5. The first-order chi connectivity index (χ1) is 56.6. The Labute approximate surface area is 659 Å². The molecule has 0 saturated carbocycles. The Balaban J connectivity index is 0.884. The van der Waals surface area contributed by atoms with E-state index in [0.29, 0.717) is 0 Å². The average molecular weight is 1450 g/mol. The first-order valence-corrected chi connectivity index (χ1v) is 39.4. The maximum Gasteiger partial charge on any atom is 0.252 e. The molecule has 0 atom stereocenters. The number of nitrogens with zero attached hydrogens (tertiary/aromatic N) is 4. The third-order valence-corrected chi connectivity index (χ3v) is 24.4. The van der Waals surface area contributed by atoms with Crippen LogP contribution in [0.3, 0.4) is 0 Å². The third kappa shape index (κ3) is 9.74. The fraction of sp³-hybridized carbons (Fsp3) is 0. The molecule has 6 heterocycles. The van der Waals surface area contributed by atoms with Crippen LogP contribution in [0.25, 0.3) is 177 Å². The number of aromatic nitrogens is 2. The van der Waals surface area contributed by atoms with Crippen LogP contribution in [-0.2, 0) is 0 Å². The van der Waals surface area contributed by atoms with Crippen LogP contribution in [0.15, 0.2) is 411 Å². The molecule has 114 heavy (non-hydrogen) atoms. The van der Waals surface area contributed by atoms with E-state index in [0.717, 1.165) is 162 Å². The summed E-state index contributed by atoms with van der Waals surface area (Å²) in [6.07, 6.45) is 0. The molecule has 22 aromatic rings. The summed E-state index contributed by atoms with van der Waals surface area (Å²) >= 11 is 0. The van der Waals surface area contributed by atoms with Crippen LogP contribution in [0.4, 0.5) is 34.1 Å². The van der Waals surface area contributed by atoms with E-state index in [1.165, 1.54) is 65.3 Å². The number of benzene rings is 18. The molecule has 0 N–H and O–H groups in total. The Kier molecular flexibility index (Phi) is 14.2. The fourth-order valence-corrected chi connectivity index (χ4v) is 19.4. The zero-order chi connectivity index (χ0) is 74.6. The van der Waals surface area contributed by atoms with Crippen LogP contribution in [0.5, 0.6) is 0 Å². The molecule has 0 fully saturated rings. The molecule has 24 rings (SSSR count). The Morgan fingerprint density at radius 1 is 0.211 bits per heavy atom. The molecule has 528 valence electrons. The van der Waals surface area contributed by atoms with E-state index >= 15 is 0 Å². The molecule has 0 radical (unpaired) electrons. The molecule has 5 nitrogen and oxygen atoms in total. The molecule has 0 unspecified atom stereocenters. The quantitative estimate of drug-likeness (QED) is 0.121. The van der Waals surface area contributed by atoms with Gasteiger partial charge in [-0.1, -0.05) is 303 Å². The van der Waals surface area contributed by atoms with Gasteiger partial charge in [0.2, 0.25) is 0 Å². The van der Waals surface area contributed by atoms with Crippen molar-refractivity contribution < 1.29 is 4.42 Å². The Morgan fingerprint density at radius 2 is 0.570 bits per heavy atom. The second-order valence-electron chi connectivity index (χ2n) is 30.5. The smallest absolute Gasteiger partial charge is 0.252 e. The molecule has 0 saturated heterocycles. The van der Waals surface area contributed by atoms with Crippen LogP contribution in [0.1, 0.15) is 0 Å². The van der Waals surface area contributed by atoms with Crippen molar-refractivity contribution in [2.45, 2.75) is 0 Å².